The maximum Gasteiger partial charge on any atom is 0.167 e. The molecule has 19 heavy (non-hydrogen) atoms. The summed E-state index contributed by atoms with van der Waals surface area (Å²) in [6.07, 6.45) is 0. The Morgan fingerprint density at radius 2 is 2.42 bits per heavy atom. The van der Waals surface area contributed by atoms with Crippen molar-refractivity contribution in [3.63, 3.8) is 0 Å². The van der Waals surface area contributed by atoms with Gasteiger partial charge in [-0.25, -0.2) is 4.39 Å². The monoisotopic (exact) mass is 329 g/mol. The van der Waals surface area contributed by atoms with Crippen molar-refractivity contribution in [1.82, 2.24) is 0 Å². The van der Waals surface area contributed by atoms with Crippen LogP contribution < -0.4 is 10.6 Å². The number of nitrogens with two attached hydrogens (primary N) is 1. The van der Waals surface area contributed by atoms with Crippen LogP contribution in [-0.2, 0) is 4.74 Å². The van der Waals surface area contributed by atoms with Gasteiger partial charge in [0.15, 0.2) is 5.82 Å². The number of halogens is 2. The van der Waals surface area contributed by atoms with Gasteiger partial charge in [-0.05, 0) is 22.0 Å². The third kappa shape index (κ3) is 2.52. The smallest absolute Gasteiger partial charge is 0.167 e. The van der Waals surface area contributed by atoms with Crippen molar-refractivity contribution in [1.29, 1.82) is 5.26 Å². The second-order valence-corrected chi connectivity index (χ2v) is 5.06. The molecule has 1 fully saturated rings. The molecule has 0 radical (unpaired) electrons. The molecule has 1 heterocycles. The van der Waals surface area contributed by atoms with Crippen molar-refractivity contribution >= 4 is 27.3 Å². The zero-order valence-electron chi connectivity index (χ0n) is 10.1. The number of aliphatic hydroxyl groups is 1. The van der Waals surface area contributed by atoms with Gasteiger partial charge in [0.1, 0.15) is 11.6 Å². The highest BCUT2D eigenvalue weighted by molar-refractivity contribution is 9.10. The molecule has 1 aromatic carbocycles. The summed E-state index contributed by atoms with van der Waals surface area (Å²) in [4.78, 5) is 1.70. The molecule has 1 aliphatic heterocycles. The van der Waals surface area contributed by atoms with Crippen LogP contribution in [0, 0.1) is 17.1 Å². The molecule has 1 aromatic rings. The first-order chi connectivity index (χ1) is 9.10. The number of ether oxygens (including phenoxy) is 1. The van der Waals surface area contributed by atoms with E-state index in [1.807, 2.05) is 0 Å². The van der Waals surface area contributed by atoms with Crippen molar-refractivity contribution in [3.05, 3.63) is 21.9 Å². The van der Waals surface area contributed by atoms with Gasteiger partial charge in [0.05, 0.1) is 37.2 Å². The Morgan fingerprint density at radius 1 is 1.68 bits per heavy atom. The van der Waals surface area contributed by atoms with Crippen molar-refractivity contribution < 1.29 is 14.2 Å². The molecule has 5 nitrogen and oxygen atoms in total. The summed E-state index contributed by atoms with van der Waals surface area (Å²) in [5, 5.41) is 18.3. The molecule has 0 amide bonds. The van der Waals surface area contributed by atoms with Crippen molar-refractivity contribution in [2.24, 2.45) is 0 Å². The lowest BCUT2D eigenvalue weighted by molar-refractivity contribution is 0.0723. The Labute approximate surface area is 118 Å². The van der Waals surface area contributed by atoms with Crippen molar-refractivity contribution in [2.75, 3.05) is 37.0 Å². The third-order valence-corrected chi connectivity index (χ3v) is 3.67. The number of anilines is 2. The number of hydrogen-bond donors (Lipinski definition) is 2. The molecule has 1 saturated heterocycles. The molecular formula is C12H13BrFN3O2. The third-order valence-electron chi connectivity index (χ3n) is 3.06. The van der Waals surface area contributed by atoms with Crippen molar-refractivity contribution in [2.45, 2.75) is 6.04 Å². The molecule has 0 bridgehead atoms. The molecule has 0 spiro atoms. The summed E-state index contributed by atoms with van der Waals surface area (Å²) in [7, 11) is 0. The quantitative estimate of drug-likeness (QED) is 0.798. The van der Waals surface area contributed by atoms with Crippen LogP contribution in [0.25, 0.3) is 0 Å². The van der Waals surface area contributed by atoms with E-state index in [-0.39, 0.29) is 29.6 Å². The van der Waals surface area contributed by atoms with Crippen LogP contribution in [0.5, 0.6) is 0 Å². The molecule has 3 N–H and O–H groups in total. The van der Waals surface area contributed by atoms with Gasteiger partial charge in [-0.1, -0.05) is 0 Å². The van der Waals surface area contributed by atoms with E-state index in [0.29, 0.717) is 24.2 Å². The van der Waals surface area contributed by atoms with E-state index >= 15 is 0 Å². The molecular weight excluding hydrogens is 317 g/mol. The molecule has 1 atom stereocenters. The minimum absolute atomic E-state index is 0.0874. The number of morpholine rings is 1. The number of rotatable bonds is 2. The first-order valence-corrected chi connectivity index (χ1v) is 6.52. The number of benzene rings is 1. The maximum atomic E-state index is 14.4. The molecule has 0 saturated carbocycles. The second kappa shape index (κ2) is 5.74. The van der Waals surface area contributed by atoms with Crippen LogP contribution in [0.2, 0.25) is 0 Å². The number of nitriles is 1. The summed E-state index contributed by atoms with van der Waals surface area (Å²) in [5.41, 5.74) is 5.77. The van der Waals surface area contributed by atoms with Crippen LogP contribution in [0.3, 0.4) is 0 Å². The van der Waals surface area contributed by atoms with E-state index in [1.165, 1.54) is 6.07 Å². The summed E-state index contributed by atoms with van der Waals surface area (Å²) >= 11 is 3.26. The Bertz CT molecular complexity index is 533. The van der Waals surface area contributed by atoms with E-state index < -0.39 is 5.82 Å². The number of nitrogens with zero attached hydrogens (tertiary/aromatic N) is 2. The lowest BCUT2D eigenvalue weighted by Crippen LogP contribution is -2.48. The molecule has 0 aromatic heterocycles. The Balaban J connectivity index is 2.52. The molecule has 7 heteroatoms. The number of aliphatic hydroxyl groups excluding tert-OH is 1. The summed E-state index contributed by atoms with van der Waals surface area (Å²) in [6.45, 7) is 1.04. The van der Waals surface area contributed by atoms with Crippen molar-refractivity contribution in [3.8, 4) is 6.07 Å². The topological polar surface area (TPSA) is 82.5 Å². The zero-order chi connectivity index (χ0) is 14.0. The van der Waals surface area contributed by atoms with Gasteiger partial charge >= 0.3 is 0 Å². The predicted molar refractivity (Wildman–Crippen MR) is 72.3 cm³/mol. The lowest BCUT2D eigenvalue weighted by atomic mass is 10.1. The largest absolute Gasteiger partial charge is 0.398 e. The highest BCUT2D eigenvalue weighted by Gasteiger charge is 2.28. The molecule has 0 aliphatic carbocycles. The van der Waals surface area contributed by atoms with Gasteiger partial charge in [0.2, 0.25) is 0 Å². The van der Waals surface area contributed by atoms with E-state index in [2.05, 4.69) is 15.9 Å². The lowest BCUT2D eigenvalue weighted by Gasteiger charge is -2.37. The SMILES string of the molecule is N#Cc1c(N)cc(Br)c(N2CCOC[C@H]2CO)c1F. The maximum absolute atomic E-state index is 14.4. The van der Waals surface area contributed by atoms with E-state index in [9.17, 15) is 9.50 Å². The first-order valence-electron chi connectivity index (χ1n) is 5.73. The summed E-state index contributed by atoms with van der Waals surface area (Å²) in [6, 6.07) is 2.92. The fourth-order valence-corrected chi connectivity index (χ4v) is 2.75. The number of nitrogen functional groups attached to an aromatic ring is 1. The average molecular weight is 330 g/mol. The van der Waals surface area contributed by atoms with Gasteiger partial charge < -0.3 is 20.5 Å². The molecule has 102 valence electrons. The number of hydrogen-bond acceptors (Lipinski definition) is 5. The van der Waals surface area contributed by atoms with Crippen LogP contribution in [-0.4, -0.2) is 37.5 Å². The highest BCUT2D eigenvalue weighted by Crippen LogP contribution is 2.36. The molecule has 2 rings (SSSR count). The van der Waals surface area contributed by atoms with Crippen LogP contribution in [0.1, 0.15) is 5.56 Å². The predicted octanol–water partition coefficient (Wildman–Crippen LogP) is 1.24. The normalized spacial score (nSPS) is 19.3. The van der Waals surface area contributed by atoms with E-state index in [1.54, 1.807) is 11.0 Å². The first kappa shape index (κ1) is 14.1. The minimum atomic E-state index is -0.672. The van der Waals surface area contributed by atoms with Crippen LogP contribution in [0.15, 0.2) is 10.5 Å². The second-order valence-electron chi connectivity index (χ2n) is 4.20. The van der Waals surface area contributed by atoms with Gasteiger partial charge in [0.25, 0.3) is 0 Å². The zero-order valence-corrected chi connectivity index (χ0v) is 11.7. The van der Waals surface area contributed by atoms with Gasteiger partial charge in [-0.2, -0.15) is 5.26 Å². The van der Waals surface area contributed by atoms with Gasteiger partial charge in [0, 0.05) is 11.0 Å². The molecule has 0 unspecified atom stereocenters. The summed E-state index contributed by atoms with van der Waals surface area (Å²) < 4.78 is 20.1. The minimum Gasteiger partial charge on any atom is -0.398 e. The Hall–Kier alpha value is -1.36. The fraction of sp³-hybridized carbons (Fsp3) is 0.417. The Morgan fingerprint density at radius 3 is 3.05 bits per heavy atom. The fourth-order valence-electron chi connectivity index (χ4n) is 2.10. The average Bonchev–Trinajstić information content (AvgIpc) is 2.39. The van der Waals surface area contributed by atoms with Gasteiger partial charge in [-0.3, -0.25) is 0 Å². The summed E-state index contributed by atoms with van der Waals surface area (Å²) in [5.74, 6) is -0.672. The highest BCUT2D eigenvalue weighted by atomic mass is 79.9. The standard InChI is InChI=1S/C12H13BrFN3O2/c13-9-3-10(16)8(4-15)11(14)12(9)17-1-2-19-6-7(17)5-18/h3,7,18H,1-2,5-6,16H2/t7-/m1/s1. The molecule has 1 aliphatic rings. The van der Waals surface area contributed by atoms with E-state index in [0.717, 1.165) is 0 Å². The van der Waals surface area contributed by atoms with Gasteiger partial charge in [-0.15, -0.1) is 0 Å². The van der Waals surface area contributed by atoms with Crippen LogP contribution in [0.4, 0.5) is 15.8 Å². The Kier molecular flexibility index (Phi) is 4.24. The van der Waals surface area contributed by atoms with Crippen LogP contribution >= 0.6 is 15.9 Å². The van der Waals surface area contributed by atoms with E-state index in [4.69, 9.17) is 15.7 Å².